The maximum Gasteiger partial charge on any atom is 0.421 e. The van der Waals surface area contributed by atoms with Gasteiger partial charge in [-0.2, -0.15) is 0 Å². The number of carbonyl (C=O) groups excluding carboxylic acids is 2. The summed E-state index contributed by atoms with van der Waals surface area (Å²) in [5.74, 6) is -0.0263. The van der Waals surface area contributed by atoms with Gasteiger partial charge in [-0.25, -0.2) is 14.3 Å². The molecule has 0 unspecified atom stereocenters. The van der Waals surface area contributed by atoms with Gasteiger partial charge in [-0.1, -0.05) is 11.6 Å². The average Bonchev–Trinajstić information content (AvgIpc) is 3.47. The number of amides is 1. The Kier molecular flexibility index (Phi) is 8.48. The molecule has 3 aromatic rings. The highest BCUT2D eigenvalue weighted by Crippen LogP contribution is 2.15. The molecule has 184 valence electrons. The average molecular weight is 535 g/mol. The lowest BCUT2D eigenvalue weighted by Gasteiger charge is -2.19. The Bertz CT molecular complexity index is 1110. The molecule has 3 rings (SSSR count). The third-order valence-corrected chi connectivity index (χ3v) is 5.30. The van der Waals surface area contributed by atoms with Crippen LogP contribution in [-0.4, -0.2) is 53.7 Å². The Hall–Kier alpha value is -3.15. The second-order valence-electron chi connectivity index (χ2n) is 8.96. The minimum atomic E-state index is -0.593. The van der Waals surface area contributed by atoms with Gasteiger partial charge >= 0.3 is 6.09 Å². The summed E-state index contributed by atoms with van der Waals surface area (Å²) in [5, 5.41) is 11.2. The van der Waals surface area contributed by atoms with Crippen molar-refractivity contribution in [1.29, 1.82) is 0 Å². The van der Waals surface area contributed by atoms with Crippen molar-refractivity contribution in [2.75, 3.05) is 12.3 Å². The zero-order valence-corrected chi connectivity index (χ0v) is 21.3. The second kappa shape index (κ2) is 11.3. The van der Waals surface area contributed by atoms with Gasteiger partial charge in [-0.15, -0.1) is 5.10 Å². The van der Waals surface area contributed by atoms with E-state index in [1.54, 1.807) is 43.9 Å². The maximum atomic E-state index is 12.2. The minimum Gasteiger partial charge on any atom is -0.443 e. The number of aromatic nitrogens is 6. The first-order chi connectivity index (χ1) is 16.1. The Morgan fingerprint density at radius 2 is 1.91 bits per heavy atom. The number of nitrogen functional groups attached to an aromatic ring is 1. The zero-order valence-electron chi connectivity index (χ0n) is 19.7. The highest BCUT2D eigenvalue weighted by molar-refractivity contribution is 9.10. The number of rotatable bonds is 10. The normalized spacial score (nSPS) is 11.5. The van der Waals surface area contributed by atoms with E-state index in [4.69, 9.17) is 10.5 Å². The van der Waals surface area contributed by atoms with Crippen LogP contribution >= 0.6 is 15.9 Å². The molecule has 3 heterocycles. The first kappa shape index (κ1) is 25.5. The second-order valence-corrected chi connectivity index (χ2v) is 9.88. The Morgan fingerprint density at radius 1 is 1.18 bits per heavy atom. The molecular weight excluding hydrogens is 504 g/mol. The van der Waals surface area contributed by atoms with Crippen molar-refractivity contribution < 1.29 is 14.3 Å². The number of aryl methyl sites for hydroxylation is 2. The number of nitrogens with zero attached hydrogens (tertiary/aromatic N) is 5. The molecule has 0 bridgehead atoms. The minimum absolute atomic E-state index is 0.137. The summed E-state index contributed by atoms with van der Waals surface area (Å²) in [6.07, 6.45) is 9.13. The van der Waals surface area contributed by atoms with Crippen LogP contribution in [0.1, 0.15) is 61.9 Å². The first-order valence-electron chi connectivity index (χ1n) is 11.2. The van der Waals surface area contributed by atoms with E-state index in [9.17, 15) is 9.59 Å². The van der Waals surface area contributed by atoms with Gasteiger partial charge in [0, 0.05) is 29.6 Å². The molecular formula is C22H31BrN8O3. The lowest BCUT2D eigenvalue weighted by molar-refractivity contribution is 0.0540. The van der Waals surface area contributed by atoms with Gasteiger partial charge in [0.1, 0.15) is 11.3 Å². The van der Waals surface area contributed by atoms with Crippen molar-refractivity contribution in [3.63, 3.8) is 0 Å². The molecule has 34 heavy (non-hydrogen) atoms. The summed E-state index contributed by atoms with van der Waals surface area (Å²) in [5.41, 5.74) is 7.45. The fraction of sp³-hybridized carbons (Fsp3) is 0.500. The highest BCUT2D eigenvalue weighted by atomic mass is 79.9. The lowest BCUT2D eigenvalue weighted by atomic mass is 10.1. The quantitative estimate of drug-likeness (QED) is 0.338. The number of H-pyrrole nitrogens is 1. The standard InChI is InChI=1S/C22H31BrN8O3/c1-22(2,3)34-21(33)31-14-16(27-20(31)24)7-5-4-6-8-17-13-30(29-28-17)10-9-25-19(32)18-11-15(23)12-26-18/h11-14,26H,4-10H2,1-3H3,(H2,24,27)(H,25,32). The number of anilines is 1. The number of unbranched alkanes of at least 4 members (excludes halogenated alkanes) is 2. The Labute approximate surface area is 206 Å². The van der Waals surface area contributed by atoms with Crippen LogP contribution < -0.4 is 11.1 Å². The molecule has 0 spiro atoms. The number of nitrogens with two attached hydrogens (primary N) is 1. The first-order valence-corrected chi connectivity index (χ1v) is 12.0. The fourth-order valence-electron chi connectivity index (χ4n) is 3.25. The fourth-order valence-corrected chi connectivity index (χ4v) is 3.60. The van der Waals surface area contributed by atoms with Crippen LogP contribution in [-0.2, 0) is 24.1 Å². The van der Waals surface area contributed by atoms with E-state index >= 15 is 0 Å². The van der Waals surface area contributed by atoms with Crippen molar-refractivity contribution in [1.82, 2.24) is 34.8 Å². The molecule has 0 aromatic carbocycles. The van der Waals surface area contributed by atoms with Crippen LogP contribution in [0.2, 0.25) is 0 Å². The molecule has 4 N–H and O–H groups in total. The van der Waals surface area contributed by atoms with Crippen molar-refractivity contribution >= 4 is 33.9 Å². The van der Waals surface area contributed by atoms with Crippen LogP contribution in [0.25, 0.3) is 0 Å². The molecule has 0 radical (unpaired) electrons. The van der Waals surface area contributed by atoms with Gasteiger partial charge in [0.2, 0.25) is 5.95 Å². The van der Waals surface area contributed by atoms with E-state index in [1.807, 2.05) is 6.20 Å². The molecule has 0 aliphatic heterocycles. The Morgan fingerprint density at radius 3 is 2.59 bits per heavy atom. The number of carbonyl (C=O) groups is 2. The zero-order chi connectivity index (χ0) is 24.7. The van der Waals surface area contributed by atoms with Gasteiger partial charge in [0.25, 0.3) is 5.91 Å². The summed E-state index contributed by atoms with van der Waals surface area (Å²) in [6, 6.07) is 1.73. The summed E-state index contributed by atoms with van der Waals surface area (Å²) in [7, 11) is 0. The number of hydrogen-bond acceptors (Lipinski definition) is 7. The topological polar surface area (TPSA) is 146 Å². The monoisotopic (exact) mass is 534 g/mol. The van der Waals surface area contributed by atoms with Gasteiger partial charge in [0.15, 0.2) is 0 Å². The molecule has 3 aromatic heterocycles. The highest BCUT2D eigenvalue weighted by Gasteiger charge is 2.20. The van der Waals surface area contributed by atoms with Gasteiger partial charge in [0.05, 0.1) is 17.9 Å². The maximum absolute atomic E-state index is 12.2. The largest absolute Gasteiger partial charge is 0.443 e. The third kappa shape index (κ3) is 7.72. The number of imidazole rings is 1. The smallest absolute Gasteiger partial charge is 0.421 e. The molecule has 0 saturated carbocycles. The summed E-state index contributed by atoms with van der Waals surface area (Å²) in [6.45, 7) is 6.41. The van der Waals surface area contributed by atoms with Gasteiger partial charge in [-0.05, 0) is 68.5 Å². The number of ether oxygens (including phenoxy) is 1. The van der Waals surface area contributed by atoms with Crippen molar-refractivity contribution in [3.05, 3.63) is 46.2 Å². The summed E-state index contributed by atoms with van der Waals surface area (Å²) < 4.78 is 9.14. The summed E-state index contributed by atoms with van der Waals surface area (Å²) in [4.78, 5) is 31.4. The van der Waals surface area contributed by atoms with Gasteiger partial charge in [-0.3, -0.25) is 9.48 Å². The third-order valence-electron chi connectivity index (χ3n) is 4.84. The molecule has 1 amide bonds. The van der Waals surface area contributed by atoms with E-state index in [-0.39, 0.29) is 11.9 Å². The van der Waals surface area contributed by atoms with Crippen LogP contribution in [0.5, 0.6) is 0 Å². The number of nitrogens with one attached hydrogen (secondary N) is 2. The van der Waals surface area contributed by atoms with E-state index in [0.717, 1.165) is 48.0 Å². The van der Waals surface area contributed by atoms with Crippen molar-refractivity contribution in [2.45, 2.75) is 65.0 Å². The predicted molar refractivity (Wildman–Crippen MR) is 130 cm³/mol. The van der Waals surface area contributed by atoms with E-state index in [1.165, 1.54) is 4.57 Å². The van der Waals surface area contributed by atoms with Crippen molar-refractivity contribution in [2.24, 2.45) is 0 Å². The Balaban J connectivity index is 1.33. The number of hydrogen-bond donors (Lipinski definition) is 3. The number of halogens is 1. The lowest BCUT2D eigenvalue weighted by Crippen LogP contribution is -2.27. The molecule has 0 fully saturated rings. The summed E-state index contributed by atoms with van der Waals surface area (Å²) >= 11 is 3.31. The number of aromatic amines is 1. The molecule has 0 aliphatic carbocycles. The van der Waals surface area contributed by atoms with E-state index < -0.39 is 11.7 Å². The molecule has 0 aliphatic rings. The molecule has 0 atom stereocenters. The van der Waals surface area contributed by atoms with Gasteiger partial charge < -0.3 is 20.8 Å². The van der Waals surface area contributed by atoms with Crippen LogP contribution in [0.3, 0.4) is 0 Å². The molecule has 0 saturated heterocycles. The SMILES string of the molecule is CC(C)(C)OC(=O)n1cc(CCCCCc2cn(CCNC(=O)c3cc(Br)c[nH]3)nn2)nc1N. The van der Waals surface area contributed by atoms with E-state index in [0.29, 0.717) is 18.8 Å². The molecule has 12 heteroatoms. The van der Waals surface area contributed by atoms with Crippen molar-refractivity contribution in [3.8, 4) is 0 Å². The predicted octanol–water partition coefficient (Wildman–Crippen LogP) is 3.32. The molecule has 11 nitrogen and oxygen atoms in total. The van der Waals surface area contributed by atoms with Crippen LogP contribution in [0, 0.1) is 0 Å². The van der Waals surface area contributed by atoms with Crippen LogP contribution in [0.4, 0.5) is 10.7 Å². The van der Waals surface area contributed by atoms with Crippen LogP contribution in [0.15, 0.2) is 29.1 Å². The van der Waals surface area contributed by atoms with E-state index in [2.05, 4.69) is 41.5 Å².